The fraction of sp³-hybridized carbons (Fsp3) is 0.867. The molecule has 0 saturated carbocycles. The molecule has 0 aromatic heterocycles. The zero-order valence-corrected chi connectivity index (χ0v) is 11.9. The van der Waals surface area contributed by atoms with Crippen LogP contribution in [0.5, 0.6) is 0 Å². The summed E-state index contributed by atoms with van der Waals surface area (Å²) in [5.41, 5.74) is 1.54. The van der Waals surface area contributed by atoms with E-state index in [1.807, 2.05) is 0 Å². The van der Waals surface area contributed by atoms with E-state index >= 15 is 0 Å². The highest BCUT2D eigenvalue weighted by molar-refractivity contribution is 4.88. The molecular weight excluding hydrogens is 208 g/mol. The van der Waals surface area contributed by atoms with Crippen LogP contribution in [0.4, 0.5) is 0 Å². The predicted molar refractivity (Wildman–Crippen MR) is 73.8 cm³/mol. The molecule has 2 nitrogen and oxygen atoms in total. The maximum absolute atomic E-state index is 2.76. The summed E-state index contributed by atoms with van der Waals surface area (Å²) in [6.45, 7) is 9.85. The van der Waals surface area contributed by atoms with E-state index in [4.69, 9.17) is 0 Å². The smallest absolute Gasteiger partial charge is 0.101 e. The molecule has 0 amide bonds. The van der Waals surface area contributed by atoms with Gasteiger partial charge in [-0.1, -0.05) is 6.42 Å². The number of piperidine rings is 2. The number of quaternary nitrogens is 1. The van der Waals surface area contributed by atoms with Crippen LogP contribution in [0.15, 0.2) is 11.8 Å². The van der Waals surface area contributed by atoms with Gasteiger partial charge >= 0.3 is 0 Å². The lowest BCUT2D eigenvalue weighted by atomic mass is 9.98. The van der Waals surface area contributed by atoms with Crippen LogP contribution in [-0.4, -0.2) is 48.7 Å². The van der Waals surface area contributed by atoms with Gasteiger partial charge in [0.05, 0.1) is 20.1 Å². The SMILES string of the molecule is CC=C(C)[N+]1(C)CCC(N2CCCCC2)CC1. The Morgan fingerprint density at radius 1 is 1.12 bits per heavy atom. The Morgan fingerprint density at radius 2 is 1.71 bits per heavy atom. The van der Waals surface area contributed by atoms with E-state index in [-0.39, 0.29) is 0 Å². The highest BCUT2D eigenvalue weighted by atomic mass is 15.4. The molecule has 0 atom stereocenters. The van der Waals surface area contributed by atoms with Crippen molar-refractivity contribution in [3.8, 4) is 0 Å². The molecule has 0 spiro atoms. The summed E-state index contributed by atoms with van der Waals surface area (Å²) in [6, 6.07) is 0.881. The van der Waals surface area contributed by atoms with Gasteiger partial charge in [0.25, 0.3) is 0 Å². The third-order valence-corrected chi connectivity index (χ3v) is 5.09. The summed E-state index contributed by atoms with van der Waals surface area (Å²) in [6.07, 6.45) is 9.38. The van der Waals surface area contributed by atoms with Gasteiger partial charge < -0.3 is 0 Å². The summed E-state index contributed by atoms with van der Waals surface area (Å²) in [7, 11) is 2.40. The van der Waals surface area contributed by atoms with Crippen molar-refractivity contribution in [1.82, 2.24) is 4.90 Å². The van der Waals surface area contributed by atoms with Crippen molar-refractivity contribution in [3.63, 3.8) is 0 Å². The summed E-state index contributed by atoms with van der Waals surface area (Å²) >= 11 is 0. The topological polar surface area (TPSA) is 3.24 Å². The van der Waals surface area contributed by atoms with Crippen LogP contribution in [0, 0.1) is 0 Å². The Hall–Kier alpha value is -0.340. The summed E-state index contributed by atoms with van der Waals surface area (Å²) in [4.78, 5) is 2.76. The molecule has 0 radical (unpaired) electrons. The van der Waals surface area contributed by atoms with Crippen molar-refractivity contribution in [1.29, 1.82) is 0 Å². The third-order valence-electron chi connectivity index (χ3n) is 5.09. The molecule has 2 rings (SSSR count). The van der Waals surface area contributed by atoms with Crippen LogP contribution in [0.25, 0.3) is 0 Å². The minimum atomic E-state index is 0.881. The van der Waals surface area contributed by atoms with Gasteiger partial charge in [0.2, 0.25) is 0 Å². The lowest BCUT2D eigenvalue weighted by Crippen LogP contribution is -2.53. The van der Waals surface area contributed by atoms with Gasteiger partial charge in [-0.15, -0.1) is 0 Å². The first-order valence-electron chi connectivity index (χ1n) is 7.38. The van der Waals surface area contributed by atoms with Crippen LogP contribution in [-0.2, 0) is 0 Å². The van der Waals surface area contributed by atoms with E-state index in [1.165, 1.54) is 62.8 Å². The molecule has 0 N–H and O–H groups in total. The molecule has 2 aliphatic heterocycles. The normalized spacial score (nSPS) is 37.1. The molecule has 0 aliphatic carbocycles. The van der Waals surface area contributed by atoms with E-state index in [2.05, 4.69) is 31.9 Å². The van der Waals surface area contributed by atoms with E-state index in [9.17, 15) is 0 Å². The average Bonchev–Trinajstić information content (AvgIpc) is 2.39. The number of likely N-dealkylation sites (tertiary alicyclic amines) is 2. The van der Waals surface area contributed by atoms with Crippen molar-refractivity contribution in [2.45, 2.75) is 52.0 Å². The molecular formula is C15H29N2+. The van der Waals surface area contributed by atoms with Crippen LogP contribution < -0.4 is 0 Å². The van der Waals surface area contributed by atoms with Gasteiger partial charge in [-0.25, -0.2) is 0 Å². The molecule has 2 fully saturated rings. The second kappa shape index (κ2) is 5.53. The Kier molecular flexibility index (Phi) is 4.26. The fourth-order valence-corrected chi connectivity index (χ4v) is 3.44. The molecule has 98 valence electrons. The Morgan fingerprint density at radius 3 is 2.24 bits per heavy atom. The quantitative estimate of drug-likeness (QED) is 0.667. The van der Waals surface area contributed by atoms with Crippen LogP contribution in [0.2, 0.25) is 0 Å². The van der Waals surface area contributed by atoms with E-state index in [0.717, 1.165) is 6.04 Å². The number of hydrogen-bond donors (Lipinski definition) is 0. The second-order valence-corrected chi connectivity index (χ2v) is 6.10. The molecule has 2 heteroatoms. The molecule has 17 heavy (non-hydrogen) atoms. The van der Waals surface area contributed by atoms with Crippen molar-refractivity contribution >= 4 is 0 Å². The molecule has 0 bridgehead atoms. The lowest BCUT2D eigenvalue weighted by Gasteiger charge is -2.44. The van der Waals surface area contributed by atoms with E-state index < -0.39 is 0 Å². The van der Waals surface area contributed by atoms with Crippen LogP contribution in [0.1, 0.15) is 46.0 Å². The Labute approximate surface area is 107 Å². The second-order valence-electron chi connectivity index (χ2n) is 6.10. The Bertz CT molecular complexity index is 269. The monoisotopic (exact) mass is 237 g/mol. The number of hydrogen-bond acceptors (Lipinski definition) is 1. The van der Waals surface area contributed by atoms with Gasteiger partial charge in [0, 0.05) is 25.8 Å². The van der Waals surface area contributed by atoms with Crippen molar-refractivity contribution in [2.75, 3.05) is 33.2 Å². The van der Waals surface area contributed by atoms with Crippen LogP contribution in [0.3, 0.4) is 0 Å². The summed E-state index contributed by atoms with van der Waals surface area (Å²) in [5.74, 6) is 0. The first kappa shape index (κ1) is 13.1. The number of rotatable bonds is 2. The van der Waals surface area contributed by atoms with Gasteiger partial charge in [0.1, 0.15) is 5.70 Å². The first-order valence-corrected chi connectivity index (χ1v) is 7.38. The molecule has 2 heterocycles. The molecule has 2 aliphatic rings. The minimum Gasteiger partial charge on any atom is -0.300 e. The van der Waals surface area contributed by atoms with Crippen LogP contribution >= 0.6 is 0 Å². The highest BCUT2D eigenvalue weighted by Gasteiger charge is 2.34. The predicted octanol–water partition coefficient (Wildman–Crippen LogP) is 3.01. The van der Waals surface area contributed by atoms with Gasteiger partial charge in [-0.3, -0.25) is 9.38 Å². The first-order chi connectivity index (χ1) is 8.15. The van der Waals surface area contributed by atoms with Crippen molar-refractivity contribution in [3.05, 3.63) is 11.8 Å². The maximum atomic E-state index is 2.76. The van der Waals surface area contributed by atoms with E-state index in [0.29, 0.717) is 0 Å². The zero-order valence-electron chi connectivity index (χ0n) is 11.9. The van der Waals surface area contributed by atoms with Gasteiger partial charge in [-0.05, 0) is 38.9 Å². The lowest BCUT2D eigenvalue weighted by molar-refractivity contribution is -0.878. The molecule has 0 unspecified atom stereocenters. The Balaban J connectivity index is 1.89. The summed E-state index contributed by atoms with van der Waals surface area (Å²) < 4.78 is 1.18. The number of nitrogens with zero attached hydrogens (tertiary/aromatic N) is 2. The van der Waals surface area contributed by atoms with Crippen molar-refractivity contribution in [2.24, 2.45) is 0 Å². The minimum absolute atomic E-state index is 0.881. The molecule has 2 saturated heterocycles. The standard InChI is InChI=1S/C15H29N2/c1-4-14(2)17(3)12-8-15(9-13-17)16-10-6-5-7-11-16/h4,15H,5-13H2,1-3H3/q+1. The highest BCUT2D eigenvalue weighted by Crippen LogP contribution is 2.27. The maximum Gasteiger partial charge on any atom is 0.101 e. The van der Waals surface area contributed by atoms with E-state index in [1.54, 1.807) is 5.70 Å². The average molecular weight is 237 g/mol. The summed E-state index contributed by atoms with van der Waals surface area (Å²) in [5, 5.41) is 0. The zero-order chi connectivity index (χ0) is 12.3. The third kappa shape index (κ3) is 2.92. The van der Waals surface area contributed by atoms with Crippen molar-refractivity contribution < 1.29 is 4.48 Å². The molecule has 0 aromatic carbocycles. The molecule has 0 aromatic rings. The largest absolute Gasteiger partial charge is 0.300 e. The number of allylic oxidation sites excluding steroid dienone is 2. The van der Waals surface area contributed by atoms with Gasteiger partial charge in [0.15, 0.2) is 0 Å². The van der Waals surface area contributed by atoms with Gasteiger partial charge in [-0.2, -0.15) is 0 Å². The fourth-order valence-electron chi connectivity index (χ4n) is 3.44.